The molecule has 0 saturated carbocycles. The zero-order valence-corrected chi connectivity index (χ0v) is 14.7. The SMILES string of the molecule is CC(C)c1noc(C(NC(=O)C2(C)CCCO2)C2CCOCC2)n1. The van der Waals surface area contributed by atoms with Gasteiger partial charge in [-0.3, -0.25) is 4.79 Å². The molecule has 0 aromatic carbocycles. The summed E-state index contributed by atoms with van der Waals surface area (Å²) in [5.74, 6) is 1.47. The summed E-state index contributed by atoms with van der Waals surface area (Å²) in [5, 5.41) is 7.18. The Kier molecular flexibility index (Phi) is 5.20. The lowest BCUT2D eigenvalue weighted by Gasteiger charge is -2.31. The van der Waals surface area contributed by atoms with Crippen LogP contribution in [0.5, 0.6) is 0 Å². The van der Waals surface area contributed by atoms with Gasteiger partial charge in [0.05, 0.1) is 0 Å². The Morgan fingerprint density at radius 1 is 1.29 bits per heavy atom. The molecule has 3 rings (SSSR count). The van der Waals surface area contributed by atoms with E-state index in [1.165, 1.54) is 0 Å². The molecule has 7 nitrogen and oxygen atoms in total. The zero-order chi connectivity index (χ0) is 17.2. The predicted octanol–water partition coefficient (Wildman–Crippen LogP) is 2.35. The summed E-state index contributed by atoms with van der Waals surface area (Å²) < 4.78 is 16.6. The van der Waals surface area contributed by atoms with Crippen molar-refractivity contribution in [3.8, 4) is 0 Å². The van der Waals surface area contributed by atoms with E-state index in [9.17, 15) is 4.79 Å². The van der Waals surface area contributed by atoms with Crippen LogP contribution in [0.15, 0.2) is 4.52 Å². The van der Waals surface area contributed by atoms with Gasteiger partial charge >= 0.3 is 0 Å². The van der Waals surface area contributed by atoms with Gasteiger partial charge < -0.3 is 19.3 Å². The smallest absolute Gasteiger partial charge is 0.252 e. The topological polar surface area (TPSA) is 86.5 Å². The fourth-order valence-electron chi connectivity index (χ4n) is 3.29. The largest absolute Gasteiger partial charge is 0.381 e. The molecule has 1 amide bonds. The van der Waals surface area contributed by atoms with Crippen molar-refractivity contribution in [1.29, 1.82) is 0 Å². The van der Waals surface area contributed by atoms with E-state index in [2.05, 4.69) is 15.5 Å². The first-order chi connectivity index (χ1) is 11.5. The number of nitrogens with zero attached hydrogens (tertiary/aromatic N) is 2. The molecular formula is C17H27N3O4. The van der Waals surface area contributed by atoms with Crippen molar-refractivity contribution in [2.75, 3.05) is 19.8 Å². The summed E-state index contributed by atoms with van der Waals surface area (Å²) in [6.07, 6.45) is 3.37. The van der Waals surface area contributed by atoms with Crippen molar-refractivity contribution in [2.45, 2.75) is 64.0 Å². The third-order valence-electron chi connectivity index (χ3n) is 4.96. The average Bonchev–Trinajstić information content (AvgIpc) is 3.23. The van der Waals surface area contributed by atoms with Crippen molar-refractivity contribution in [1.82, 2.24) is 15.5 Å². The van der Waals surface area contributed by atoms with Crippen LogP contribution in [0, 0.1) is 5.92 Å². The Hall–Kier alpha value is -1.47. The maximum absolute atomic E-state index is 12.8. The van der Waals surface area contributed by atoms with Crippen molar-refractivity contribution in [3.63, 3.8) is 0 Å². The number of amides is 1. The van der Waals surface area contributed by atoms with Crippen LogP contribution in [0.4, 0.5) is 0 Å². The summed E-state index contributed by atoms with van der Waals surface area (Å²) in [5.41, 5.74) is -0.760. The normalized spacial score (nSPS) is 26.7. The molecule has 0 radical (unpaired) electrons. The average molecular weight is 337 g/mol. The van der Waals surface area contributed by atoms with Gasteiger partial charge in [-0.15, -0.1) is 0 Å². The highest BCUT2D eigenvalue weighted by atomic mass is 16.5. The Bertz CT molecular complexity index is 560. The van der Waals surface area contributed by atoms with Gasteiger partial charge in [0.25, 0.3) is 5.91 Å². The number of ether oxygens (including phenoxy) is 2. The molecule has 2 aliphatic rings. The van der Waals surface area contributed by atoms with Crippen molar-refractivity contribution < 1.29 is 18.8 Å². The van der Waals surface area contributed by atoms with Crippen LogP contribution in [0.2, 0.25) is 0 Å². The minimum Gasteiger partial charge on any atom is -0.381 e. The van der Waals surface area contributed by atoms with E-state index < -0.39 is 5.60 Å². The highest BCUT2D eigenvalue weighted by molar-refractivity contribution is 5.85. The maximum atomic E-state index is 12.8. The molecule has 0 spiro atoms. The number of hydrogen-bond donors (Lipinski definition) is 1. The second-order valence-corrected chi connectivity index (χ2v) is 7.23. The van der Waals surface area contributed by atoms with Crippen LogP contribution < -0.4 is 5.32 Å². The maximum Gasteiger partial charge on any atom is 0.252 e. The number of hydrogen-bond acceptors (Lipinski definition) is 6. The van der Waals surface area contributed by atoms with Crippen LogP contribution in [-0.2, 0) is 14.3 Å². The summed E-state index contributed by atoms with van der Waals surface area (Å²) >= 11 is 0. The van der Waals surface area contributed by atoms with E-state index in [-0.39, 0.29) is 23.8 Å². The van der Waals surface area contributed by atoms with Crippen LogP contribution in [0.1, 0.15) is 70.1 Å². The van der Waals surface area contributed by atoms with Crippen LogP contribution in [-0.4, -0.2) is 41.5 Å². The molecule has 2 aliphatic heterocycles. The Morgan fingerprint density at radius 3 is 2.62 bits per heavy atom. The summed E-state index contributed by atoms with van der Waals surface area (Å²) in [6, 6.07) is -0.289. The minimum atomic E-state index is -0.760. The van der Waals surface area contributed by atoms with Crippen LogP contribution >= 0.6 is 0 Å². The van der Waals surface area contributed by atoms with Gasteiger partial charge in [0.1, 0.15) is 11.6 Å². The predicted molar refractivity (Wildman–Crippen MR) is 86.4 cm³/mol. The molecule has 0 aliphatic carbocycles. The lowest BCUT2D eigenvalue weighted by Crippen LogP contribution is -2.47. The standard InChI is InChI=1S/C17H27N3O4/c1-11(2)14-19-15(24-20-14)13(12-5-9-22-10-6-12)18-16(21)17(3)7-4-8-23-17/h11-13H,4-10H2,1-3H3,(H,18,21). The lowest BCUT2D eigenvalue weighted by molar-refractivity contribution is -0.141. The van der Waals surface area contributed by atoms with Crippen LogP contribution in [0.3, 0.4) is 0 Å². The monoisotopic (exact) mass is 337 g/mol. The fourth-order valence-corrected chi connectivity index (χ4v) is 3.29. The summed E-state index contributed by atoms with van der Waals surface area (Å²) in [6.45, 7) is 7.90. The molecule has 134 valence electrons. The highest BCUT2D eigenvalue weighted by Gasteiger charge is 2.41. The molecule has 7 heteroatoms. The number of carbonyl (C=O) groups excluding carboxylic acids is 1. The van der Waals surface area contributed by atoms with E-state index in [4.69, 9.17) is 14.0 Å². The van der Waals surface area contributed by atoms with Gasteiger partial charge in [-0.2, -0.15) is 4.98 Å². The molecule has 3 heterocycles. The number of nitrogens with one attached hydrogen (secondary N) is 1. The molecule has 2 unspecified atom stereocenters. The molecule has 24 heavy (non-hydrogen) atoms. The first kappa shape index (κ1) is 17.4. The molecule has 2 atom stereocenters. The number of aromatic nitrogens is 2. The van der Waals surface area contributed by atoms with Crippen molar-refractivity contribution in [2.24, 2.45) is 5.92 Å². The van der Waals surface area contributed by atoms with Crippen LogP contribution in [0.25, 0.3) is 0 Å². The quantitative estimate of drug-likeness (QED) is 0.887. The Labute approximate surface area is 142 Å². The zero-order valence-electron chi connectivity index (χ0n) is 14.7. The Morgan fingerprint density at radius 2 is 2.04 bits per heavy atom. The molecule has 2 fully saturated rings. The molecule has 1 aromatic rings. The van der Waals surface area contributed by atoms with Gasteiger partial charge in [0.2, 0.25) is 5.89 Å². The van der Waals surface area contributed by atoms with Gasteiger partial charge in [-0.05, 0) is 38.5 Å². The molecule has 1 aromatic heterocycles. The molecule has 0 bridgehead atoms. The van der Waals surface area contributed by atoms with Gasteiger partial charge in [-0.25, -0.2) is 0 Å². The van der Waals surface area contributed by atoms with Gasteiger partial charge in [0.15, 0.2) is 5.82 Å². The van der Waals surface area contributed by atoms with E-state index in [0.29, 0.717) is 31.5 Å². The Balaban J connectivity index is 1.79. The van der Waals surface area contributed by atoms with E-state index >= 15 is 0 Å². The van der Waals surface area contributed by atoms with Gasteiger partial charge in [-0.1, -0.05) is 19.0 Å². The second-order valence-electron chi connectivity index (χ2n) is 7.23. The summed E-state index contributed by atoms with van der Waals surface area (Å²) in [7, 11) is 0. The number of rotatable bonds is 5. The molecular weight excluding hydrogens is 310 g/mol. The minimum absolute atomic E-state index is 0.0965. The summed E-state index contributed by atoms with van der Waals surface area (Å²) in [4.78, 5) is 17.3. The van der Waals surface area contributed by atoms with E-state index in [1.807, 2.05) is 20.8 Å². The highest BCUT2D eigenvalue weighted by Crippen LogP contribution is 2.32. The van der Waals surface area contributed by atoms with Gasteiger partial charge in [0, 0.05) is 25.7 Å². The fraction of sp³-hybridized carbons (Fsp3) is 0.824. The number of carbonyl (C=O) groups is 1. The third-order valence-corrected chi connectivity index (χ3v) is 4.96. The van der Waals surface area contributed by atoms with Crippen molar-refractivity contribution in [3.05, 3.63) is 11.7 Å². The second kappa shape index (κ2) is 7.19. The lowest BCUT2D eigenvalue weighted by atomic mass is 9.90. The van der Waals surface area contributed by atoms with Crippen molar-refractivity contribution >= 4 is 5.91 Å². The third kappa shape index (κ3) is 3.62. The first-order valence-corrected chi connectivity index (χ1v) is 8.86. The molecule has 1 N–H and O–H groups in total. The van der Waals surface area contributed by atoms with E-state index in [1.54, 1.807) is 0 Å². The van der Waals surface area contributed by atoms with E-state index in [0.717, 1.165) is 25.7 Å². The molecule has 2 saturated heterocycles. The first-order valence-electron chi connectivity index (χ1n) is 8.86.